The third kappa shape index (κ3) is 3.58. The van der Waals surface area contributed by atoms with Gasteiger partial charge in [0.05, 0.1) is 13.2 Å². The molecule has 2 aromatic carbocycles. The number of hydrogen-bond donors (Lipinski definition) is 2. The molecular formula is C22H29NO2. The molecule has 134 valence electrons. The number of aromatic nitrogens is 1. The number of unbranched alkanes of at least 4 members (excludes halogenated alkanes) is 1. The third-order valence-electron chi connectivity index (χ3n) is 5.35. The predicted octanol–water partition coefficient (Wildman–Crippen LogP) is 5.00. The largest absolute Gasteiger partial charge is 0.392 e. The van der Waals surface area contributed by atoms with Gasteiger partial charge < -0.3 is 14.8 Å². The summed E-state index contributed by atoms with van der Waals surface area (Å²) in [5.74, 6) is 0.648. The lowest BCUT2D eigenvalue weighted by Crippen LogP contribution is -2.10. The van der Waals surface area contributed by atoms with Crippen LogP contribution < -0.4 is 0 Å². The fraction of sp³-hybridized carbons (Fsp3) is 0.455. The van der Waals surface area contributed by atoms with Crippen LogP contribution in [0.3, 0.4) is 0 Å². The van der Waals surface area contributed by atoms with Crippen molar-refractivity contribution in [1.29, 1.82) is 0 Å². The minimum absolute atomic E-state index is 0.0619. The molecule has 0 amide bonds. The van der Waals surface area contributed by atoms with E-state index in [1.165, 1.54) is 47.5 Å². The van der Waals surface area contributed by atoms with Crippen molar-refractivity contribution in [3.63, 3.8) is 0 Å². The van der Waals surface area contributed by atoms with Gasteiger partial charge >= 0.3 is 0 Å². The first-order valence-electron chi connectivity index (χ1n) is 9.47. The zero-order valence-electron chi connectivity index (χ0n) is 15.3. The molecule has 1 atom stereocenters. The zero-order valence-corrected chi connectivity index (χ0v) is 15.3. The van der Waals surface area contributed by atoms with Crippen molar-refractivity contribution in [2.45, 2.75) is 59.3 Å². The van der Waals surface area contributed by atoms with E-state index >= 15 is 0 Å². The van der Waals surface area contributed by atoms with Crippen LogP contribution in [0.5, 0.6) is 0 Å². The van der Waals surface area contributed by atoms with E-state index in [2.05, 4.69) is 42.7 Å². The molecule has 1 heterocycles. The first-order valence-corrected chi connectivity index (χ1v) is 9.47. The number of rotatable bonds is 8. The Morgan fingerprint density at radius 1 is 0.880 bits per heavy atom. The first-order chi connectivity index (χ1) is 12.2. The first kappa shape index (κ1) is 18.0. The van der Waals surface area contributed by atoms with Crippen LogP contribution in [0.25, 0.3) is 21.8 Å². The second kappa shape index (κ2) is 8.03. The van der Waals surface area contributed by atoms with Gasteiger partial charge in [-0.1, -0.05) is 57.4 Å². The van der Waals surface area contributed by atoms with E-state index in [1.54, 1.807) is 0 Å². The Balaban J connectivity index is 2.16. The monoisotopic (exact) mass is 339 g/mol. The van der Waals surface area contributed by atoms with Crippen molar-refractivity contribution < 1.29 is 10.2 Å². The summed E-state index contributed by atoms with van der Waals surface area (Å²) >= 11 is 0. The van der Waals surface area contributed by atoms with Crippen LogP contribution in [-0.2, 0) is 19.8 Å². The quantitative estimate of drug-likeness (QED) is 0.607. The normalized spacial score (nSPS) is 13.0. The van der Waals surface area contributed by atoms with Gasteiger partial charge in [0.15, 0.2) is 0 Å². The van der Waals surface area contributed by atoms with Crippen molar-refractivity contribution in [2.75, 3.05) is 0 Å². The predicted molar refractivity (Wildman–Crippen MR) is 105 cm³/mol. The molecule has 0 bridgehead atoms. The highest BCUT2D eigenvalue weighted by Crippen LogP contribution is 2.32. The molecule has 0 saturated heterocycles. The lowest BCUT2D eigenvalue weighted by Gasteiger charge is -2.17. The Bertz CT molecular complexity index is 789. The molecule has 3 heteroatoms. The Morgan fingerprint density at radius 2 is 1.44 bits per heavy atom. The van der Waals surface area contributed by atoms with E-state index in [0.717, 1.165) is 17.7 Å². The summed E-state index contributed by atoms with van der Waals surface area (Å²) in [6.07, 6.45) is 4.90. The van der Waals surface area contributed by atoms with Crippen molar-refractivity contribution in [2.24, 2.45) is 5.92 Å². The Labute approximate surface area is 149 Å². The lowest BCUT2D eigenvalue weighted by molar-refractivity contribution is 0.282. The zero-order chi connectivity index (χ0) is 17.8. The average Bonchev–Trinajstić information content (AvgIpc) is 2.96. The fourth-order valence-corrected chi connectivity index (χ4v) is 3.76. The smallest absolute Gasteiger partial charge is 0.0682 e. The second-order valence-electron chi connectivity index (χ2n) is 7.05. The number of hydrogen-bond acceptors (Lipinski definition) is 2. The molecule has 25 heavy (non-hydrogen) atoms. The van der Waals surface area contributed by atoms with E-state index in [1.807, 2.05) is 12.1 Å². The maximum absolute atomic E-state index is 9.55. The number of aliphatic hydroxyl groups is 2. The van der Waals surface area contributed by atoms with E-state index in [9.17, 15) is 10.2 Å². The van der Waals surface area contributed by atoms with Gasteiger partial charge in [-0.05, 0) is 35.6 Å². The van der Waals surface area contributed by atoms with Gasteiger partial charge in [-0.25, -0.2) is 0 Å². The molecule has 0 aliphatic heterocycles. The fourth-order valence-electron chi connectivity index (χ4n) is 3.76. The van der Waals surface area contributed by atoms with Crippen molar-refractivity contribution in [3.05, 3.63) is 47.5 Å². The molecular weight excluding hydrogens is 310 g/mol. The molecule has 1 unspecified atom stereocenters. The van der Waals surface area contributed by atoms with Crippen molar-refractivity contribution in [1.82, 2.24) is 4.57 Å². The number of nitrogens with zero attached hydrogens (tertiary/aromatic N) is 1. The molecule has 3 aromatic rings. The molecule has 3 nitrogen and oxygen atoms in total. The summed E-state index contributed by atoms with van der Waals surface area (Å²) < 4.78 is 2.40. The molecule has 0 aliphatic rings. The number of fused-ring (bicyclic) bond motifs is 3. The Kier molecular flexibility index (Phi) is 5.77. The standard InChI is InChI=1S/C22H29NO2/c1-3-5-6-16(4-2)13-23-21-11-17(14-24)7-9-19(21)20-10-8-18(15-25)12-22(20)23/h7-12,16,24-25H,3-6,13-15H2,1-2H3. The summed E-state index contributed by atoms with van der Waals surface area (Å²) in [5.41, 5.74) is 4.26. The van der Waals surface area contributed by atoms with Gasteiger partial charge in [-0.2, -0.15) is 0 Å². The van der Waals surface area contributed by atoms with Gasteiger partial charge in [-0.3, -0.25) is 0 Å². The van der Waals surface area contributed by atoms with Crippen molar-refractivity contribution in [3.8, 4) is 0 Å². The Hall–Kier alpha value is -1.84. The number of benzene rings is 2. The van der Waals surface area contributed by atoms with Crippen LogP contribution in [0.1, 0.15) is 50.7 Å². The van der Waals surface area contributed by atoms with Crippen LogP contribution >= 0.6 is 0 Å². The van der Waals surface area contributed by atoms with Crippen LogP contribution in [0.2, 0.25) is 0 Å². The third-order valence-corrected chi connectivity index (χ3v) is 5.35. The van der Waals surface area contributed by atoms with Gasteiger partial charge in [0.25, 0.3) is 0 Å². The number of aliphatic hydroxyl groups excluding tert-OH is 2. The van der Waals surface area contributed by atoms with Gasteiger partial charge in [-0.15, -0.1) is 0 Å². The summed E-state index contributed by atoms with van der Waals surface area (Å²) in [5, 5.41) is 21.5. The molecule has 0 spiro atoms. The molecule has 1 aromatic heterocycles. The van der Waals surface area contributed by atoms with E-state index in [0.29, 0.717) is 5.92 Å². The average molecular weight is 339 g/mol. The van der Waals surface area contributed by atoms with Crippen molar-refractivity contribution >= 4 is 21.8 Å². The van der Waals surface area contributed by atoms with Crippen LogP contribution in [-0.4, -0.2) is 14.8 Å². The molecule has 3 rings (SSSR count). The molecule has 0 fully saturated rings. The molecule has 0 radical (unpaired) electrons. The van der Waals surface area contributed by atoms with Crippen LogP contribution in [0.4, 0.5) is 0 Å². The summed E-state index contributed by atoms with van der Waals surface area (Å²) in [6, 6.07) is 12.5. The summed E-state index contributed by atoms with van der Waals surface area (Å²) in [7, 11) is 0. The molecule has 0 aliphatic carbocycles. The maximum atomic E-state index is 9.55. The van der Waals surface area contributed by atoms with Crippen LogP contribution in [0, 0.1) is 5.92 Å². The highest BCUT2D eigenvalue weighted by Gasteiger charge is 2.15. The highest BCUT2D eigenvalue weighted by molar-refractivity contribution is 6.08. The highest BCUT2D eigenvalue weighted by atomic mass is 16.3. The minimum Gasteiger partial charge on any atom is -0.392 e. The Morgan fingerprint density at radius 3 is 1.88 bits per heavy atom. The van der Waals surface area contributed by atoms with E-state index < -0.39 is 0 Å². The van der Waals surface area contributed by atoms with E-state index in [-0.39, 0.29) is 13.2 Å². The van der Waals surface area contributed by atoms with Gasteiger partial charge in [0, 0.05) is 28.4 Å². The molecule has 2 N–H and O–H groups in total. The van der Waals surface area contributed by atoms with Gasteiger partial charge in [0.2, 0.25) is 0 Å². The SMILES string of the molecule is CCCCC(CC)Cn1c2cc(CO)ccc2c2ccc(CO)cc21. The maximum Gasteiger partial charge on any atom is 0.0682 e. The van der Waals surface area contributed by atoms with E-state index in [4.69, 9.17) is 0 Å². The van der Waals surface area contributed by atoms with Gasteiger partial charge in [0.1, 0.15) is 0 Å². The second-order valence-corrected chi connectivity index (χ2v) is 7.05. The summed E-state index contributed by atoms with van der Waals surface area (Å²) in [4.78, 5) is 0. The molecule has 0 saturated carbocycles. The van der Waals surface area contributed by atoms with Crippen LogP contribution in [0.15, 0.2) is 36.4 Å². The topological polar surface area (TPSA) is 45.4 Å². The minimum atomic E-state index is 0.0619. The lowest BCUT2D eigenvalue weighted by atomic mass is 9.99. The summed E-state index contributed by atoms with van der Waals surface area (Å²) in [6.45, 7) is 5.62.